The van der Waals surface area contributed by atoms with Gasteiger partial charge in [0.1, 0.15) is 0 Å². The highest BCUT2D eigenvalue weighted by molar-refractivity contribution is 7.99. The predicted molar refractivity (Wildman–Crippen MR) is 95.2 cm³/mol. The van der Waals surface area contributed by atoms with Gasteiger partial charge in [0, 0.05) is 0 Å². The lowest BCUT2D eigenvalue weighted by Gasteiger charge is -2.17. The van der Waals surface area contributed by atoms with Crippen LogP contribution >= 0.6 is 11.8 Å². The lowest BCUT2D eigenvalue weighted by atomic mass is 10.0. The zero-order valence-electron chi connectivity index (χ0n) is 14.0. The van der Waals surface area contributed by atoms with Gasteiger partial charge >= 0.3 is 0 Å². The first-order chi connectivity index (χ1) is 9.28. The van der Waals surface area contributed by atoms with Crippen LogP contribution in [-0.2, 0) is 0 Å². The van der Waals surface area contributed by atoms with E-state index in [2.05, 4.69) is 52.6 Å². The molecule has 0 radical (unpaired) electrons. The van der Waals surface area contributed by atoms with Crippen LogP contribution in [0.4, 0.5) is 0 Å². The Morgan fingerprint density at radius 3 is 1.37 bits per heavy atom. The van der Waals surface area contributed by atoms with Crippen molar-refractivity contribution in [2.45, 2.75) is 79.1 Å². The normalized spacial score (nSPS) is 13.5. The second-order valence-corrected chi connectivity index (χ2v) is 6.45. The van der Waals surface area contributed by atoms with Crippen LogP contribution in [0.15, 0.2) is 13.2 Å². The van der Waals surface area contributed by atoms with Gasteiger partial charge in [-0.05, 0) is 36.2 Å². The Bertz CT molecular complexity index is 140. The minimum Gasteiger partial charge on any atom is -0.161 e. The molecular formula is C18H38S. The largest absolute Gasteiger partial charge is 0.161 e. The van der Waals surface area contributed by atoms with Crippen LogP contribution in [0.5, 0.6) is 0 Å². The zero-order valence-corrected chi connectivity index (χ0v) is 14.9. The third-order valence-electron chi connectivity index (χ3n) is 3.79. The summed E-state index contributed by atoms with van der Waals surface area (Å²) >= 11 is 2.22. The van der Waals surface area contributed by atoms with Crippen LogP contribution in [0.3, 0.4) is 0 Å². The van der Waals surface area contributed by atoms with Crippen molar-refractivity contribution < 1.29 is 0 Å². The Kier molecular flexibility index (Phi) is 20.4. The molecule has 0 aromatic carbocycles. The summed E-state index contributed by atoms with van der Waals surface area (Å²) < 4.78 is 0. The quantitative estimate of drug-likeness (QED) is 0.350. The third kappa shape index (κ3) is 14.3. The molecular weight excluding hydrogens is 248 g/mol. The first kappa shape index (κ1) is 21.4. The summed E-state index contributed by atoms with van der Waals surface area (Å²) in [7, 11) is 0. The number of unbranched alkanes of at least 4 members (excludes halogenated alkanes) is 2. The fourth-order valence-electron chi connectivity index (χ4n) is 2.20. The molecule has 0 aliphatic carbocycles. The molecule has 1 heteroatoms. The second-order valence-electron chi connectivity index (χ2n) is 5.37. The van der Waals surface area contributed by atoms with Crippen molar-refractivity contribution in [3.8, 4) is 0 Å². The van der Waals surface area contributed by atoms with E-state index >= 15 is 0 Å². The van der Waals surface area contributed by atoms with Crippen LogP contribution in [0, 0.1) is 11.8 Å². The van der Waals surface area contributed by atoms with Gasteiger partial charge in [0.2, 0.25) is 0 Å². The van der Waals surface area contributed by atoms with E-state index in [0.717, 1.165) is 11.8 Å². The maximum Gasteiger partial charge on any atom is -0.00391 e. The van der Waals surface area contributed by atoms with E-state index in [4.69, 9.17) is 0 Å². The average molecular weight is 287 g/mol. The third-order valence-corrected chi connectivity index (χ3v) is 5.21. The zero-order chi connectivity index (χ0) is 14.9. The van der Waals surface area contributed by atoms with E-state index in [-0.39, 0.29) is 0 Å². The molecule has 116 valence electrons. The fraction of sp³-hybridized carbons (Fsp3) is 0.889. The molecule has 0 fully saturated rings. The number of hydrogen-bond donors (Lipinski definition) is 0. The molecule has 0 aliphatic heterocycles. The minimum absolute atomic E-state index is 0.976. The molecule has 0 aliphatic rings. The van der Waals surface area contributed by atoms with E-state index in [9.17, 15) is 0 Å². The Labute approximate surface area is 127 Å². The monoisotopic (exact) mass is 286 g/mol. The van der Waals surface area contributed by atoms with E-state index in [1.165, 1.54) is 62.9 Å². The van der Waals surface area contributed by atoms with Crippen LogP contribution in [-0.4, -0.2) is 11.5 Å². The first-order valence-corrected chi connectivity index (χ1v) is 9.51. The van der Waals surface area contributed by atoms with Gasteiger partial charge in [-0.15, -0.1) is 13.2 Å². The number of thioether (sulfide) groups is 1. The van der Waals surface area contributed by atoms with Crippen LogP contribution in [0.25, 0.3) is 0 Å². The van der Waals surface area contributed by atoms with Crippen molar-refractivity contribution in [1.29, 1.82) is 0 Å². The average Bonchev–Trinajstić information content (AvgIpc) is 2.48. The summed E-state index contributed by atoms with van der Waals surface area (Å²) in [6.07, 6.45) is 11.2. The van der Waals surface area contributed by atoms with E-state index in [0.29, 0.717) is 0 Å². The van der Waals surface area contributed by atoms with Crippen molar-refractivity contribution in [3.05, 3.63) is 13.2 Å². The maximum absolute atomic E-state index is 3.00. The van der Waals surface area contributed by atoms with Crippen molar-refractivity contribution in [1.82, 2.24) is 0 Å². The molecule has 0 aromatic heterocycles. The van der Waals surface area contributed by atoms with Crippen molar-refractivity contribution in [2.24, 2.45) is 11.8 Å². The highest BCUT2D eigenvalue weighted by Crippen LogP contribution is 2.23. The topological polar surface area (TPSA) is 0 Å². The molecule has 19 heavy (non-hydrogen) atoms. The molecule has 0 saturated heterocycles. The smallest absolute Gasteiger partial charge is 0.00391 e. The fourth-order valence-corrected chi connectivity index (χ4v) is 3.81. The van der Waals surface area contributed by atoms with Gasteiger partial charge in [-0.25, -0.2) is 0 Å². The SMILES string of the molecule is C=C.CCCCC(CC)CSCC(CC)CCCC. The van der Waals surface area contributed by atoms with Crippen LogP contribution in [0.1, 0.15) is 79.1 Å². The van der Waals surface area contributed by atoms with Gasteiger partial charge < -0.3 is 0 Å². The molecule has 0 heterocycles. The van der Waals surface area contributed by atoms with E-state index < -0.39 is 0 Å². The molecule has 0 aromatic rings. The minimum atomic E-state index is 0.976. The number of hydrogen-bond acceptors (Lipinski definition) is 1. The van der Waals surface area contributed by atoms with Crippen molar-refractivity contribution >= 4 is 11.8 Å². The summed E-state index contributed by atoms with van der Waals surface area (Å²) in [6.45, 7) is 15.3. The van der Waals surface area contributed by atoms with Crippen LogP contribution in [0.2, 0.25) is 0 Å². The molecule has 0 spiro atoms. The van der Waals surface area contributed by atoms with Gasteiger partial charge in [0.05, 0.1) is 0 Å². The summed E-state index contributed by atoms with van der Waals surface area (Å²) in [5.41, 5.74) is 0. The molecule has 2 atom stereocenters. The van der Waals surface area contributed by atoms with Gasteiger partial charge in [-0.3, -0.25) is 0 Å². The summed E-state index contributed by atoms with van der Waals surface area (Å²) in [5, 5.41) is 0. The molecule has 0 saturated carbocycles. The summed E-state index contributed by atoms with van der Waals surface area (Å²) in [6, 6.07) is 0. The Morgan fingerprint density at radius 1 is 0.737 bits per heavy atom. The summed E-state index contributed by atoms with van der Waals surface area (Å²) in [5.74, 6) is 4.75. The molecule has 0 nitrogen and oxygen atoms in total. The lowest BCUT2D eigenvalue weighted by Crippen LogP contribution is -2.07. The summed E-state index contributed by atoms with van der Waals surface area (Å²) in [4.78, 5) is 0. The van der Waals surface area contributed by atoms with Crippen molar-refractivity contribution in [2.75, 3.05) is 11.5 Å². The van der Waals surface area contributed by atoms with Gasteiger partial charge in [0.25, 0.3) is 0 Å². The molecule has 0 N–H and O–H groups in total. The van der Waals surface area contributed by atoms with E-state index in [1.807, 2.05) is 0 Å². The van der Waals surface area contributed by atoms with E-state index in [1.54, 1.807) is 0 Å². The highest BCUT2D eigenvalue weighted by atomic mass is 32.2. The van der Waals surface area contributed by atoms with Crippen molar-refractivity contribution in [3.63, 3.8) is 0 Å². The van der Waals surface area contributed by atoms with Crippen LogP contribution < -0.4 is 0 Å². The Morgan fingerprint density at radius 2 is 1.11 bits per heavy atom. The standard InChI is InChI=1S/C16H34S.C2H4/c1-5-9-11-15(7-3)13-17-14-16(8-4)12-10-6-2;1-2/h15-16H,5-14H2,1-4H3;1-2H2. The Balaban J connectivity index is 0. The number of rotatable bonds is 12. The lowest BCUT2D eigenvalue weighted by molar-refractivity contribution is 0.489. The first-order valence-electron chi connectivity index (χ1n) is 8.36. The second kappa shape index (κ2) is 18.1. The highest BCUT2D eigenvalue weighted by Gasteiger charge is 2.09. The van der Waals surface area contributed by atoms with Gasteiger partial charge in [-0.2, -0.15) is 11.8 Å². The van der Waals surface area contributed by atoms with Gasteiger partial charge in [-0.1, -0.05) is 66.2 Å². The van der Waals surface area contributed by atoms with Gasteiger partial charge in [0.15, 0.2) is 0 Å². The molecule has 0 rings (SSSR count). The molecule has 0 amide bonds. The Hall–Kier alpha value is 0.0900. The molecule has 0 bridgehead atoms. The molecule has 2 unspecified atom stereocenters. The maximum atomic E-state index is 3.00. The predicted octanol–water partition coefficient (Wildman–Crippen LogP) is 6.95.